The van der Waals surface area contributed by atoms with Crippen LogP contribution in [0.4, 0.5) is 4.79 Å². The van der Waals surface area contributed by atoms with E-state index in [1.54, 1.807) is 30.3 Å². The molecule has 0 aliphatic carbocycles. The molecule has 2 N–H and O–H groups in total. The van der Waals surface area contributed by atoms with Crippen LogP contribution in [0.5, 0.6) is 0 Å². The topological polar surface area (TPSA) is 75.3 Å². The number of carbonyl (C=O) groups excluding carboxylic acids is 3. The zero-order valence-electron chi connectivity index (χ0n) is 13.6. The third-order valence-electron chi connectivity index (χ3n) is 3.73. The number of halogens is 1. The van der Waals surface area contributed by atoms with Gasteiger partial charge in [0.2, 0.25) is 0 Å². The molecule has 2 aromatic rings. The van der Waals surface area contributed by atoms with E-state index in [1.165, 1.54) is 0 Å². The van der Waals surface area contributed by atoms with Gasteiger partial charge in [-0.25, -0.2) is 0 Å². The van der Waals surface area contributed by atoms with E-state index >= 15 is 0 Å². The first kappa shape index (κ1) is 18.2. The maximum atomic E-state index is 12.2. The zero-order chi connectivity index (χ0) is 18.5. The molecule has 0 spiro atoms. The average Bonchev–Trinajstić information content (AvgIpc) is 2.94. The first-order valence-corrected chi connectivity index (χ1v) is 9.08. The lowest BCUT2D eigenvalue weighted by Crippen LogP contribution is -2.25. The highest BCUT2D eigenvalue weighted by Crippen LogP contribution is 2.25. The summed E-state index contributed by atoms with van der Waals surface area (Å²) in [5.41, 5.74) is 2.37. The van der Waals surface area contributed by atoms with Crippen molar-refractivity contribution in [2.75, 3.05) is 6.54 Å². The summed E-state index contributed by atoms with van der Waals surface area (Å²) in [6.45, 7) is 0.519. The number of imide groups is 1. The summed E-state index contributed by atoms with van der Waals surface area (Å²) in [7, 11) is 0. The Hall–Kier alpha value is -2.57. The summed E-state index contributed by atoms with van der Waals surface area (Å²) < 4.78 is 0. The van der Waals surface area contributed by atoms with Crippen LogP contribution in [0.15, 0.2) is 53.4 Å². The van der Waals surface area contributed by atoms with Crippen LogP contribution in [0.25, 0.3) is 6.08 Å². The molecule has 0 unspecified atom stereocenters. The van der Waals surface area contributed by atoms with E-state index < -0.39 is 5.91 Å². The number of carbonyl (C=O) groups is 3. The molecule has 26 heavy (non-hydrogen) atoms. The number of nitrogens with one attached hydrogen (secondary N) is 2. The van der Waals surface area contributed by atoms with Gasteiger partial charge in [-0.2, -0.15) is 0 Å². The summed E-state index contributed by atoms with van der Waals surface area (Å²) in [4.78, 5) is 35.2. The van der Waals surface area contributed by atoms with Crippen molar-refractivity contribution in [3.8, 4) is 0 Å². The van der Waals surface area contributed by atoms with Crippen LogP contribution in [-0.2, 0) is 11.2 Å². The minimum absolute atomic E-state index is 0.165. The van der Waals surface area contributed by atoms with Crippen molar-refractivity contribution in [1.82, 2.24) is 10.6 Å². The van der Waals surface area contributed by atoms with Gasteiger partial charge in [0, 0.05) is 17.1 Å². The van der Waals surface area contributed by atoms with Gasteiger partial charge in [-0.05, 0) is 59.7 Å². The predicted molar refractivity (Wildman–Crippen MR) is 103 cm³/mol. The SMILES string of the molecule is O=C1NC(=O)/C(=C/c2ccc(C(=O)NCCc3ccc(Cl)cc3)cc2)S1. The van der Waals surface area contributed by atoms with E-state index in [4.69, 9.17) is 11.6 Å². The molecule has 1 saturated heterocycles. The summed E-state index contributed by atoms with van der Waals surface area (Å²) in [5.74, 6) is -0.564. The van der Waals surface area contributed by atoms with Crippen molar-refractivity contribution in [3.63, 3.8) is 0 Å². The van der Waals surface area contributed by atoms with E-state index in [1.807, 2.05) is 24.3 Å². The fourth-order valence-corrected chi connectivity index (χ4v) is 3.18. The van der Waals surface area contributed by atoms with Crippen molar-refractivity contribution in [3.05, 3.63) is 75.1 Å². The van der Waals surface area contributed by atoms with Crippen molar-refractivity contribution in [2.45, 2.75) is 6.42 Å². The van der Waals surface area contributed by atoms with Gasteiger partial charge < -0.3 is 5.32 Å². The van der Waals surface area contributed by atoms with Crippen molar-refractivity contribution in [2.24, 2.45) is 0 Å². The van der Waals surface area contributed by atoms with Gasteiger partial charge in [-0.1, -0.05) is 35.9 Å². The second-order valence-electron chi connectivity index (χ2n) is 5.61. The fourth-order valence-electron chi connectivity index (χ4n) is 2.38. The lowest BCUT2D eigenvalue weighted by molar-refractivity contribution is -0.115. The molecule has 3 amide bonds. The number of rotatable bonds is 5. The molecule has 0 radical (unpaired) electrons. The van der Waals surface area contributed by atoms with E-state index in [0.717, 1.165) is 22.9 Å². The van der Waals surface area contributed by atoms with Gasteiger partial charge in [0.15, 0.2) is 0 Å². The molecule has 1 fully saturated rings. The molecule has 132 valence electrons. The second kappa shape index (κ2) is 8.21. The Kier molecular flexibility index (Phi) is 5.75. The quantitative estimate of drug-likeness (QED) is 0.769. The molecule has 0 saturated carbocycles. The first-order valence-electron chi connectivity index (χ1n) is 7.89. The van der Waals surface area contributed by atoms with Crippen LogP contribution in [0.1, 0.15) is 21.5 Å². The maximum Gasteiger partial charge on any atom is 0.290 e. The lowest BCUT2D eigenvalue weighted by atomic mass is 10.1. The molecular weight excluding hydrogens is 372 g/mol. The van der Waals surface area contributed by atoms with E-state index in [9.17, 15) is 14.4 Å². The Labute approximate surface area is 159 Å². The van der Waals surface area contributed by atoms with Gasteiger partial charge >= 0.3 is 0 Å². The summed E-state index contributed by atoms with van der Waals surface area (Å²) in [6.07, 6.45) is 2.33. The highest BCUT2D eigenvalue weighted by Gasteiger charge is 2.24. The monoisotopic (exact) mass is 386 g/mol. The minimum atomic E-state index is -0.399. The molecule has 2 aromatic carbocycles. The van der Waals surface area contributed by atoms with Crippen molar-refractivity contribution < 1.29 is 14.4 Å². The Morgan fingerprint density at radius 3 is 2.38 bits per heavy atom. The minimum Gasteiger partial charge on any atom is -0.352 e. The summed E-state index contributed by atoms with van der Waals surface area (Å²) >= 11 is 6.71. The van der Waals surface area contributed by atoms with E-state index in [0.29, 0.717) is 28.5 Å². The molecule has 3 rings (SSSR count). The van der Waals surface area contributed by atoms with Gasteiger partial charge in [0.05, 0.1) is 4.91 Å². The van der Waals surface area contributed by atoms with Crippen LogP contribution in [0.3, 0.4) is 0 Å². The maximum absolute atomic E-state index is 12.2. The molecule has 1 aliphatic rings. The summed E-state index contributed by atoms with van der Waals surface area (Å²) in [6, 6.07) is 14.3. The molecule has 0 atom stereocenters. The van der Waals surface area contributed by atoms with E-state index in [2.05, 4.69) is 10.6 Å². The Morgan fingerprint density at radius 2 is 1.77 bits per heavy atom. The normalized spacial score (nSPS) is 15.2. The Balaban J connectivity index is 1.55. The molecule has 1 aliphatic heterocycles. The highest BCUT2D eigenvalue weighted by molar-refractivity contribution is 8.18. The van der Waals surface area contributed by atoms with Gasteiger partial charge in [-0.15, -0.1) is 0 Å². The number of amides is 3. The fraction of sp³-hybridized carbons (Fsp3) is 0.105. The number of thioether (sulfide) groups is 1. The smallest absolute Gasteiger partial charge is 0.290 e. The molecular formula is C19H15ClN2O3S. The van der Waals surface area contributed by atoms with Gasteiger partial charge in [-0.3, -0.25) is 19.7 Å². The Bertz CT molecular complexity index is 877. The van der Waals surface area contributed by atoms with Gasteiger partial charge in [0.1, 0.15) is 0 Å². The standard InChI is InChI=1S/C19H15ClN2O3S/c20-15-7-3-12(4-8-15)9-10-21-17(23)14-5-1-13(2-6-14)11-16-18(24)22-19(25)26-16/h1-8,11H,9-10H2,(H,21,23)(H,22,24,25)/b16-11-. The van der Waals surface area contributed by atoms with Crippen LogP contribution < -0.4 is 10.6 Å². The third-order valence-corrected chi connectivity index (χ3v) is 4.79. The molecule has 5 nitrogen and oxygen atoms in total. The average molecular weight is 387 g/mol. The molecule has 7 heteroatoms. The van der Waals surface area contributed by atoms with Crippen molar-refractivity contribution in [1.29, 1.82) is 0 Å². The molecule has 0 bridgehead atoms. The summed E-state index contributed by atoms with van der Waals surface area (Å²) in [5, 5.41) is 5.38. The first-order chi connectivity index (χ1) is 12.5. The van der Waals surface area contributed by atoms with Crippen LogP contribution in [-0.4, -0.2) is 23.6 Å². The number of benzene rings is 2. The highest BCUT2D eigenvalue weighted by atomic mass is 35.5. The zero-order valence-corrected chi connectivity index (χ0v) is 15.2. The molecule has 0 aromatic heterocycles. The number of hydrogen-bond donors (Lipinski definition) is 2. The second-order valence-corrected chi connectivity index (χ2v) is 7.06. The van der Waals surface area contributed by atoms with Crippen LogP contribution >= 0.6 is 23.4 Å². The van der Waals surface area contributed by atoms with Crippen molar-refractivity contribution >= 4 is 46.5 Å². The molecule has 1 heterocycles. The lowest BCUT2D eigenvalue weighted by Gasteiger charge is -2.06. The third kappa shape index (κ3) is 4.74. The Morgan fingerprint density at radius 1 is 1.08 bits per heavy atom. The largest absolute Gasteiger partial charge is 0.352 e. The number of hydrogen-bond acceptors (Lipinski definition) is 4. The van der Waals surface area contributed by atoms with Crippen LogP contribution in [0, 0.1) is 0 Å². The van der Waals surface area contributed by atoms with E-state index in [-0.39, 0.29) is 11.1 Å². The predicted octanol–water partition coefficient (Wildman–Crippen LogP) is 3.64. The van der Waals surface area contributed by atoms with Crippen LogP contribution in [0.2, 0.25) is 5.02 Å². The van der Waals surface area contributed by atoms with Gasteiger partial charge in [0.25, 0.3) is 17.1 Å².